The van der Waals surface area contributed by atoms with E-state index in [1.54, 1.807) is 0 Å². The van der Waals surface area contributed by atoms with E-state index >= 15 is 0 Å². The van der Waals surface area contributed by atoms with Gasteiger partial charge in [0.2, 0.25) is 0 Å². The summed E-state index contributed by atoms with van der Waals surface area (Å²) in [5.74, 6) is 0. The molecule has 0 aromatic carbocycles. The van der Waals surface area contributed by atoms with Crippen LogP contribution in [0, 0.1) is 11.5 Å². The van der Waals surface area contributed by atoms with Crippen molar-refractivity contribution in [2.45, 2.75) is 41.5 Å². The molecule has 0 bridgehead atoms. The highest BCUT2D eigenvalue weighted by atomic mass is 14.3. The third-order valence-electron chi connectivity index (χ3n) is 2.36. The minimum Gasteiger partial charge on any atom is -0.0685 e. The van der Waals surface area contributed by atoms with E-state index in [0.29, 0.717) is 0 Å². The SMILES string of the molecule is CC1=[C]C(=C(C)C)C=C1C(C)(C)C. The number of rotatable bonds is 0. The zero-order valence-electron chi connectivity index (χ0n) is 9.58. The maximum Gasteiger partial charge on any atom is -0.00710 e. The quantitative estimate of drug-likeness (QED) is 0.521. The zero-order valence-corrected chi connectivity index (χ0v) is 9.58. The van der Waals surface area contributed by atoms with Crippen LogP contribution in [-0.2, 0) is 0 Å². The van der Waals surface area contributed by atoms with Crippen LogP contribution in [0.15, 0.2) is 28.4 Å². The molecule has 0 unspecified atom stereocenters. The lowest BCUT2D eigenvalue weighted by Crippen LogP contribution is -2.08. The van der Waals surface area contributed by atoms with Gasteiger partial charge in [-0.15, -0.1) is 0 Å². The predicted molar refractivity (Wildman–Crippen MR) is 58.3 cm³/mol. The molecule has 0 heteroatoms. The molecule has 0 N–H and O–H groups in total. The molecule has 1 aliphatic carbocycles. The summed E-state index contributed by atoms with van der Waals surface area (Å²) in [5, 5.41) is 0. The Balaban J connectivity index is 3.13. The van der Waals surface area contributed by atoms with Crippen molar-refractivity contribution >= 4 is 0 Å². The van der Waals surface area contributed by atoms with Gasteiger partial charge in [0.15, 0.2) is 0 Å². The topological polar surface area (TPSA) is 0 Å². The average molecular weight is 175 g/mol. The molecular formula is C13H19. The first kappa shape index (κ1) is 10.3. The van der Waals surface area contributed by atoms with Gasteiger partial charge < -0.3 is 0 Å². The van der Waals surface area contributed by atoms with Gasteiger partial charge in [-0.2, -0.15) is 0 Å². The van der Waals surface area contributed by atoms with E-state index in [-0.39, 0.29) is 5.41 Å². The molecule has 0 aliphatic heterocycles. The average Bonchev–Trinajstić information content (AvgIpc) is 2.29. The van der Waals surface area contributed by atoms with Crippen LogP contribution in [-0.4, -0.2) is 0 Å². The van der Waals surface area contributed by atoms with E-state index in [4.69, 9.17) is 0 Å². The molecule has 0 atom stereocenters. The van der Waals surface area contributed by atoms with Gasteiger partial charge in [0.25, 0.3) is 0 Å². The van der Waals surface area contributed by atoms with Gasteiger partial charge in [0, 0.05) is 0 Å². The largest absolute Gasteiger partial charge is 0.0685 e. The first-order valence-corrected chi connectivity index (χ1v) is 4.83. The van der Waals surface area contributed by atoms with Crippen LogP contribution in [0.5, 0.6) is 0 Å². The standard InChI is InChI=1S/C13H19/c1-9(2)11-7-10(3)12(8-11)13(4,5)6/h8H,1-6H3. The minimum absolute atomic E-state index is 0.244. The lowest BCUT2D eigenvalue weighted by molar-refractivity contribution is 0.512. The lowest BCUT2D eigenvalue weighted by Gasteiger charge is -2.21. The van der Waals surface area contributed by atoms with Crippen molar-refractivity contribution < 1.29 is 0 Å². The van der Waals surface area contributed by atoms with E-state index in [9.17, 15) is 0 Å². The Morgan fingerprint density at radius 2 is 1.77 bits per heavy atom. The van der Waals surface area contributed by atoms with Crippen molar-refractivity contribution in [1.29, 1.82) is 0 Å². The van der Waals surface area contributed by atoms with Crippen LogP contribution in [0.25, 0.3) is 0 Å². The van der Waals surface area contributed by atoms with Crippen molar-refractivity contribution in [2.24, 2.45) is 5.41 Å². The highest BCUT2D eigenvalue weighted by molar-refractivity contribution is 5.51. The summed E-state index contributed by atoms with van der Waals surface area (Å²) >= 11 is 0. The number of allylic oxidation sites excluding steroid dienone is 6. The molecule has 0 nitrogen and oxygen atoms in total. The molecular weight excluding hydrogens is 156 g/mol. The third kappa shape index (κ3) is 2.12. The van der Waals surface area contributed by atoms with Gasteiger partial charge in [-0.3, -0.25) is 0 Å². The Labute approximate surface area is 82.0 Å². The maximum absolute atomic E-state index is 3.41. The molecule has 0 saturated heterocycles. The van der Waals surface area contributed by atoms with Gasteiger partial charge in [-0.25, -0.2) is 0 Å². The Kier molecular flexibility index (Phi) is 2.51. The first-order chi connectivity index (χ1) is 5.82. The Morgan fingerprint density at radius 1 is 1.23 bits per heavy atom. The van der Waals surface area contributed by atoms with Crippen molar-refractivity contribution in [3.8, 4) is 0 Å². The van der Waals surface area contributed by atoms with Crippen molar-refractivity contribution in [3.63, 3.8) is 0 Å². The molecule has 13 heavy (non-hydrogen) atoms. The summed E-state index contributed by atoms with van der Waals surface area (Å²) < 4.78 is 0. The highest BCUT2D eigenvalue weighted by Crippen LogP contribution is 2.36. The van der Waals surface area contributed by atoms with E-state index in [2.05, 4.69) is 53.7 Å². The summed E-state index contributed by atoms with van der Waals surface area (Å²) in [4.78, 5) is 0. The van der Waals surface area contributed by atoms with Crippen LogP contribution in [0.1, 0.15) is 41.5 Å². The summed E-state index contributed by atoms with van der Waals surface area (Å²) in [6, 6.07) is 0. The fourth-order valence-electron chi connectivity index (χ4n) is 1.61. The molecule has 1 aliphatic rings. The van der Waals surface area contributed by atoms with Gasteiger partial charge in [-0.1, -0.05) is 32.4 Å². The van der Waals surface area contributed by atoms with E-state index in [1.807, 2.05) is 0 Å². The second-order valence-corrected chi connectivity index (χ2v) is 4.97. The Morgan fingerprint density at radius 3 is 2.00 bits per heavy atom. The van der Waals surface area contributed by atoms with Crippen molar-refractivity contribution in [3.05, 3.63) is 34.4 Å². The fraction of sp³-hybridized carbons (Fsp3) is 0.538. The number of hydrogen-bond acceptors (Lipinski definition) is 0. The van der Waals surface area contributed by atoms with Crippen LogP contribution in [0.2, 0.25) is 0 Å². The Hall–Kier alpha value is -0.780. The third-order valence-corrected chi connectivity index (χ3v) is 2.36. The first-order valence-electron chi connectivity index (χ1n) is 4.83. The van der Waals surface area contributed by atoms with Crippen LogP contribution in [0.4, 0.5) is 0 Å². The molecule has 0 heterocycles. The van der Waals surface area contributed by atoms with Crippen LogP contribution in [0.3, 0.4) is 0 Å². The molecule has 1 rings (SSSR count). The molecule has 0 aromatic rings. The maximum atomic E-state index is 3.41. The summed E-state index contributed by atoms with van der Waals surface area (Å²) in [6.07, 6.45) is 5.68. The molecule has 0 aromatic heterocycles. The normalized spacial score (nSPS) is 17.2. The molecule has 0 fully saturated rings. The predicted octanol–water partition coefficient (Wildman–Crippen LogP) is 4.06. The number of hydrogen-bond donors (Lipinski definition) is 0. The van der Waals surface area contributed by atoms with Crippen molar-refractivity contribution in [2.75, 3.05) is 0 Å². The van der Waals surface area contributed by atoms with Crippen molar-refractivity contribution in [1.82, 2.24) is 0 Å². The summed E-state index contributed by atoms with van der Waals surface area (Å²) in [7, 11) is 0. The van der Waals surface area contributed by atoms with Crippen LogP contribution < -0.4 is 0 Å². The molecule has 71 valence electrons. The smallest absolute Gasteiger partial charge is 0.00710 e. The molecule has 0 amide bonds. The zero-order chi connectivity index (χ0) is 10.2. The molecule has 0 saturated carbocycles. The molecule has 1 radical (unpaired) electrons. The minimum atomic E-state index is 0.244. The van der Waals surface area contributed by atoms with E-state index < -0.39 is 0 Å². The monoisotopic (exact) mass is 175 g/mol. The van der Waals surface area contributed by atoms with Gasteiger partial charge in [0.1, 0.15) is 0 Å². The van der Waals surface area contributed by atoms with Crippen LogP contribution >= 0.6 is 0 Å². The van der Waals surface area contributed by atoms with E-state index in [1.165, 1.54) is 22.3 Å². The van der Waals surface area contributed by atoms with E-state index in [0.717, 1.165) is 0 Å². The summed E-state index contributed by atoms with van der Waals surface area (Å²) in [5.41, 5.74) is 5.57. The highest BCUT2D eigenvalue weighted by Gasteiger charge is 2.22. The van der Waals surface area contributed by atoms with Gasteiger partial charge in [-0.05, 0) is 49.0 Å². The second-order valence-electron chi connectivity index (χ2n) is 4.97. The fourth-order valence-corrected chi connectivity index (χ4v) is 1.61. The van der Waals surface area contributed by atoms with Gasteiger partial charge >= 0.3 is 0 Å². The Bertz CT molecular complexity index is 299. The second kappa shape index (κ2) is 3.17. The van der Waals surface area contributed by atoms with Gasteiger partial charge in [0.05, 0.1) is 0 Å². The lowest BCUT2D eigenvalue weighted by atomic mass is 9.84. The molecule has 0 spiro atoms. The summed E-state index contributed by atoms with van der Waals surface area (Å²) in [6.45, 7) is 13.2.